The third-order valence-electron chi connectivity index (χ3n) is 4.03. The maximum Gasteiger partial charge on any atom is 0.228 e. The van der Waals surface area contributed by atoms with E-state index >= 15 is 0 Å². The van der Waals surface area contributed by atoms with E-state index in [0.29, 0.717) is 28.3 Å². The normalized spacial score (nSPS) is 26.8. The standard InChI is InChI=1S/C17H15NO7/c19-8-1-3-10-13(5-8)25-14-6-9(2-4-11(14)18-10)24-17-16(22)15(21)12(20)7-23-17/h1-6,12,15-17,20-22H,7H2/t12-,15+,16-,17+/m1/s1. The van der Waals surface area contributed by atoms with Crippen LogP contribution in [-0.2, 0) is 4.74 Å². The number of hydrogen-bond acceptors (Lipinski definition) is 8. The van der Waals surface area contributed by atoms with E-state index in [4.69, 9.17) is 13.9 Å². The number of aliphatic hydroxyl groups is 3. The van der Waals surface area contributed by atoms with Crippen molar-refractivity contribution in [3.05, 3.63) is 46.6 Å². The topological polar surface area (TPSA) is 122 Å². The number of ether oxygens (including phenoxy) is 2. The summed E-state index contributed by atoms with van der Waals surface area (Å²) in [6.45, 7) is -0.153. The summed E-state index contributed by atoms with van der Waals surface area (Å²) in [6.07, 6.45) is -5.05. The molecule has 8 nitrogen and oxygen atoms in total. The molecule has 4 atom stereocenters. The van der Waals surface area contributed by atoms with Gasteiger partial charge in [0.25, 0.3) is 0 Å². The smallest absolute Gasteiger partial charge is 0.228 e. The summed E-state index contributed by atoms with van der Waals surface area (Å²) in [7, 11) is 0. The molecule has 0 saturated carbocycles. The van der Waals surface area contributed by atoms with Crippen molar-refractivity contribution in [2.24, 2.45) is 0 Å². The molecule has 0 amide bonds. The number of nitrogens with zero attached hydrogens (tertiary/aromatic N) is 1. The van der Waals surface area contributed by atoms with Gasteiger partial charge in [0, 0.05) is 12.1 Å². The predicted molar refractivity (Wildman–Crippen MR) is 85.3 cm³/mol. The lowest BCUT2D eigenvalue weighted by Crippen LogP contribution is -2.54. The molecule has 0 spiro atoms. The van der Waals surface area contributed by atoms with Crippen LogP contribution in [0.3, 0.4) is 0 Å². The van der Waals surface area contributed by atoms with Gasteiger partial charge in [0.1, 0.15) is 35.3 Å². The van der Waals surface area contributed by atoms with Crippen molar-refractivity contribution in [1.82, 2.24) is 4.98 Å². The molecule has 1 saturated heterocycles. The molecule has 1 aromatic carbocycles. The molecule has 0 radical (unpaired) electrons. The van der Waals surface area contributed by atoms with E-state index in [2.05, 4.69) is 4.98 Å². The third-order valence-corrected chi connectivity index (χ3v) is 4.03. The summed E-state index contributed by atoms with van der Waals surface area (Å²) in [5.41, 5.74) is 1.33. The first-order valence-electron chi connectivity index (χ1n) is 7.68. The Morgan fingerprint density at radius 2 is 1.92 bits per heavy atom. The molecule has 25 heavy (non-hydrogen) atoms. The maximum atomic E-state index is 11.4. The Bertz CT molecular complexity index is 940. The molecular weight excluding hydrogens is 330 g/mol. The predicted octanol–water partition coefficient (Wildman–Crippen LogP) is 0.111. The zero-order valence-electron chi connectivity index (χ0n) is 12.9. The summed E-state index contributed by atoms with van der Waals surface area (Å²) < 4.78 is 16.4. The first-order chi connectivity index (χ1) is 12.0. The highest BCUT2D eigenvalue weighted by Gasteiger charge is 2.39. The number of fused-ring (bicyclic) bond motifs is 2. The molecule has 130 valence electrons. The number of hydrogen-bond donors (Lipinski definition) is 3. The largest absolute Gasteiger partial charge is 0.462 e. The Morgan fingerprint density at radius 3 is 2.76 bits per heavy atom. The van der Waals surface area contributed by atoms with Crippen LogP contribution in [0, 0.1) is 0 Å². The Kier molecular flexibility index (Phi) is 3.89. The first-order valence-corrected chi connectivity index (χ1v) is 7.68. The van der Waals surface area contributed by atoms with Gasteiger partial charge in [0.2, 0.25) is 6.29 Å². The molecule has 3 aliphatic rings. The molecule has 0 aromatic heterocycles. The van der Waals surface area contributed by atoms with Crippen LogP contribution >= 0.6 is 0 Å². The number of aromatic nitrogens is 1. The van der Waals surface area contributed by atoms with Gasteiger partial charge in [-0.1, -0.05) is 0 Å². The molecule has 2 heterocycles. The molecule has 1 aliphatic carbocycles. The van der Waals surface area contributed by atoms with Gasteiger partial charge in [-0.2, -0.15) is 0 Å². The molecule has 0 bridgehead atoms. The highest BCUT2D eigenvalue weighted by molar-refractivity contribution is 5.77. The van der Waals surface area contributed by atoms with E-state index in [1.165, 1.54) is 12.1 Å². The van der Waals surface area contributed by atoms with Crippen LogP contribution in [0.5, 0.6) is 5.75 Å². The van der Waals surface area contributed by atoms with Crippen molar-refractivity contribution in [2.75, 3.05) is 6.61 Å². The molecule has 4 rings (SSSR count). The van der Waals surface area contributed by atoms with Gasteiger partial charge < -0.3 is 29.2 Å². The van der Waals surface area contributed by atoms with E-state index in [-0.39, 0.29) is 12.0 Å². The van der Waals surface area contributed by atoms with Crippen molar-refractivity contribution in [1.29, 1.82) is 0 Å². The molecule has 1 fully saturated rings. The van der Waals surface area contributed by atoms with Gasteiger partial charge in [0.05, 0.1) is 6.61 Å². The lowest BCUT2D eigenvalue weighted by molar-refractivity contribution is -0.242. The van der Waals surface area contributed by atoms with Crippen LogP contribution in [0.1, 0.15) is 0 Å². The summed E-state index contributed by atoms with van der Waals surface area (Å²) >= 11 is 0. The number of benzene rings is 2. The van der Waals surface area contributed by atoms with Gasteiger partial charge in [-0.05, 0) is 24.3 Å². The minimum Gasteiger partial charge on any atom is -0.462 e. The van der Waals surface area contributed by atoms with Crippen molar-refractivity contribution in [3.63, 3.8) is 0 Å². The second-order valence-electron chi connectivity index (χ2n) is 5.84. The summed E-state index contributed by atoms with van der Waals surface area (Å²) in [4.78, 5) is 15.8. The third kappa shape index (κ3) is 2.96. The Labute approximate surface area is 141 Å². The van der Waals surface area contributed by atoms with Gasteiger partial charge in [-0.3, -0.25) is 4.79 Å². The van der Waals surface area contributed by atoms with Crippen molar-refractivity contribution in [2.45, 2.75) is 24.6 Å². The monoisotopic (exact) mass is 345 g/mol. The van der Waals surface area contributed by atoms with E-state index in [0.717, 1.165) is 0 Å². The van der Waals surface area contributed by atoms with Gasteiger partial charge >= 0.3 is 0 Å². The number of aliphatic hydroxyl groups excluding tert-OH is 3. The summed E-state index contributed by atoms with van der Waals surface area (Å²) in [5.74, 6) is 0.674. The second kappa shape index (κ2) is 6.08. The Hall–Kier alpha value is -2.52. The lowest BCUT2D eigenvalue weighted by Gasteiger charge is -2.34. The van der Waals surface area contributed by atoms with Crippen LogP contribution < -0.4 is 10.2 Å². The average Bonchev–Trinajstić information content (AvgIpc) is 2.60. The molecule has 8 heteroatoms. The lowest BCUT2D eigenvalue weighted by atomic mass is 10.1. The Balaban J connectivity index is 1.66. The van der Waals surface area contributed by atoms with Crippen molar-refractivity contribution < 1.29 is 29.2 Å². The highest BCUT2D eigenvalue weighted by Crippen LogP contribution is 2.28. The van der Waals surface area contributed by atoms with Gasteiger partial charge in [-0.15, -0.1) is 0 Å². The number of rotatable bonds is 2. The van der Waals surface area contributed by atoms with Crippen molar-refractivity contribution >= 4 is 11.1 Å². The molecule has 1 aromatic rings. The quantitative estimate of drug-likeness (QED) is 0.560. The van der Waals surface area contributed by atoms with Crippen LogP contribution in [0.15, 0.2) is 45.6 Å². The van der Waals surface area contributed by atoms with Crippen molar-refractivity contribution in [3.8, 4) is 17.2 Å². The fourth-order valence-electron chi connectivity index (χ4n) is 2.68. The van der Waals surface area contributed by atoms with Crippen LogP contribution in [-0.4, -0.2) is 51.5 Å². The highest BCUT2D eigenvalue weighted by atomic mass is 16.7. The minimum atomic E-state index is -1.39. The Morgan fingerprint density at radius 1 is 1.08 bits per heavy atom. The van der Waals surface area contributed by atoms with E-state index < -0.39 is 24.6 Å². The molecule has 3 N–H and O–H groups in total. The van der Waals surface area contributed by atoms with E-state index in [1.807, 2.05) is 0 Å². The first kappa shape index (κ1) is 16.0. The van der Waals surface area contributed by atoms with Gasteiger partial charge in [-0.25, -0.2) is 4.98 Å². The zero-order valence-corrected chi connectivity index (χ0v) is 12.9. The van der Waals surface area contributed by atoms with E-state index in [1.54, 1.807) is 24.3 Å². The van der Waals surface area contributed by atoms with Crippen LogP contribution in [0.2, 0.25) is 0 Å². The fourth-order valence-corrected chi connectivity index (χ4v) is 2.68. The van der Waals surface area contributed by atoms with Gasteiger partial charge in [0.15, 0.2) is 16.8 Å². The fraction of sp³-hybridized carbons (Fsp3) is 0.294. The van der Waals surface area contributed by atoms with Crippen LogP contribution in [0.25, 0.3) is 22.6 Å². The minimum absolute atomic E-state index is 0.153. The second-order valence-corrected chi connectivity index (χ2v) is 5.84. The molecule has 0 unspecified atom stereocenters. The average molecular weight is 345 g/mol. The molecule has 2 aliphatic heterocycles. The zero-order chi connectivity index (χ0) is 17.6. The summed E-state index contributed by atoms with van der Waals surface area (Å²) in [6, 6.07) is 9.18. The molecular formula is C17H15NO7. The SMILES string of the molecule is O=c1ccc2nc3ccc(O[C@@H]4OC[C@@H](O)[C@H](O)[C@H]4O)cc3oc-2c1. The van der Waals surface area contributed by atoms with E-state index in [9.17, 15) is 20.1 Å². The van der Waals surface area contributed by atoms with Crippen LogP contribution in [0.4, 0.5) is 0 Å². The maximum absolute atomic E-state index is 11.4. The summed E-state index contributed by atoms with van der Waals surface area (Å²) in [5, 5.41) is 29.1.